The first-order valence-corrected chi connectivity index (χ1v) is 13.9. The van der Waals surface area contributed by atoms with E-state index in [0.717, 1.165) is 23.4 Å². The number of carbonyl (C=O) groups is 4. The second-order valence-corrected chi connectivity index (χ2v) is 10.0. The summed E-state index contributed by atoms with van der Waals surface area (Å²) in [6.07, 6.45) is 0.568. The standard InChI is InChI=1S/C20H30N6O6.C10H9NO2/c1-12(27)32-11-16(26-17(28)14(21)10-13-6-3-2-4-7-13)18(29)25-15(19(30)31)8-5-9-24-20(22)23;1-6-4-10(12)13-9-5-7(11)2-3-8(6)9/h2-4,6-7,14-16H,5,8-11,21H2,1H3,(H,25,29)(H,26,28)(H,30,31)(H4,22,23,24);2-5H,11H2,1H3/t14-,15-,16-;/m0./s1. The zero-order valence-corrected chi connectivity index (χ0v) is 25.0. The van der Waals surface area contributed by atoms with Crippen LogP contribution in [0.15, 0.2) is 63.8 Å². The van der Waals surface area contributed by atoms with E-state index in [1.54, 1.807) is 36.4 Å². The number of nitrogens with one attached hydrogen (secondary N) is 4. The molecule has 1 aromatic heterocycles. The van der Waals surface area contributed by atoms with E-state index in [0.29, 0.717) is 17.7 Å². The topological polar surface area (TPSA) is 266 Å². The van der Waals surface area contributed by atoms with E-state index in [-0.39, 0.29) is 31.0 Å². The molecule has 0 spiro atoms. The summed E-state index contributed by atoms with van der Waals surface area (Å²) in [4.78, 5) is 58.8. The van der Waals surface area contributed by atoms with Crippen molar-refractivity contribution in [3.05, 3.63) is 76.1 Å². The van der Waals surface area contributed by atoms with Crippen molar-refractivity contribution in [3.8, 4) is 0 Å². The van der Waals surface area contributed by atoms with Crippen LogP contribution < -0.4 is 38.8 Å². The van der Waals surface area contributed by atoms with Gasteiger partial charge in [0.2, 0.25) is 11.8 Å². The van der Waals surface area contributed by atoms with Gasteiger partial charge in [0.15, 0.2) is 5.96 Å². The minimum absolute atomic E-state index is 0.0447. The summed E-state index contributed by atoms with van der Waals surface area (Å²) in [7, 11) is 0. The maximum atomic E-state index is 12.6. The van der Waals surface area contributed by atoms with Crippen LogP contribution in [-0.2, 0) is 30.3 Å². The number of aliphatic carboxylic acids is 1. The van der Waals surface area contributed by atoms with Crippen molar-refractivity contribution in [2.45, 2.75) is 51.2 Å². The number of amides is 2. The maximum Gasteiger partial charge on any atom is 0.336 e. The monoisotopic (exact) mass is 625 g/mol. The first-order chi connectivity index (χ1) is 21.3. The highest BCUT2D eigenvalue weighted by Gasteiger charge is 2.28. The SMILES string of the molecule is CC(=O)OC[C@H](NC(=O)[C@@H](N)Cc1ccccc1)C(=O)N[C@@H](CCCNC(=N)N)C(=O)O.Cc1cc(=O)oc2cc(N)ccc12. The number of carboxylic acid groups (broad SMARTS) is 1. The Hall–Kier alpha value is -5.44. The van der Waals surface area contributed by atoms with Crippen molar-refractivity contribution in [1.82, 2.24) is 16.0 Å². The van der Waals surface area contributed by atoms with Crippen LogP contribution >= 0.6 is 0 Å². The van der Waals surface area contributed by atoms with E-state index in [4.69, 9.17) is 31.8 Å². The summed E-state index contributed by atoms with van der Waals surface area (Å²) >= 11 is 0. The van der Waals surface area contributed by atoms with Gasteiger partial charge in [0.25, 0.3) is 0 Å². The molecule has 3 aromatic rings. The molecule has 0 fully saturated rings. The van der Waals surface area contributed by atoms with E-state index < -0.39 is 48.5 Å². The van der Waals surface area contributed by atoms with Crippen LogP contribution in [0.2, 0.25) is 0 Å². The van der Waals surface area contributed by atoms with Crippen LogP contribution in [0.25, 0.3) is 11.0 Å². The first-order valence-electron chi connectivity index (χ1n) is 13.9. The number of benzene rings is 2. The molecular weight excluding hydrogens is 586 g/mol. The number of ether oxygens (including phenoxy) is 1. The lowest BCUT2D eigenvalue weighted by Crippen LogP contribution is -2.56. The van der Waals surface area contributed by atoms with E-state index in [1.165, 1.54) is 6.07 Å². The normalized spacial score (nSPS) is 12.4. The lowest BCUT2D eigenvalue weighted by molar-refractivity contribution is -0.146. The minimum Gasteiger partial charge on any atom is -0.480 e. The van der Waals surface area contributed by atoms with Crippen molar-refractivity contribution < 1.29 is 33.4 Å². The van der Waals surface area contributed by atoms with Gasteiger partial charge >= 0.3 is 17.6 Å². The lowest BCUT2D eigenvalue weighted by Gasteiger charge is -2.22. The Labute approximate surface area is 259 Å². The number of rotatable bonds is 13. The molecule has 1 heterocycles. The molecular formula is C30H39N7O8. The van der Waals surface area contributed by atoms with Gasteiger partial charge < -0.3 is 47.4 Å². The zero-order chi connectivity index (χ0) is 33.5. The van der Waals surface area contributed by atoms with Gasteiger partial charge in [-0.15, -0.1) is 0 Å². The second-order valence-electron chi connectivity index (χ2n) is 10.0. The highest BCUT2D eigenvalue weighted by molar-refractivity contribution is 5.92. The Morgan fingerprint density at radius 1 is 1.02 bits per heavy atom. The highest BCUT2D eigenvalue weighted by Crippen LogP contribution is 2.18. The van der Waals surface area contributed by atoms with Crippen molar-refractivity contribution in [2.24, 2.45) is 11.5 Å². The number of nitrogen functional groups attached to an aromatic ring is 1. The van der Waals surface area contributed by atoms with Gasteiger partial charge in [-0.25, -0.2) is 9.59 Å². The van der Waals surface area contributed by atoms with Crippen LogP contribution in [0.5, 0.6) is 0 Å². The lowest BCUT2D eigenvalue weighted by atomic mass is 10.1. The van der Waals surface area contributed by atoms with Crippen molar-refractivity contribution in [1.29, 1.82) is 5.41 Å². The molecule has 0 saturated heterocycles. The summed E-state index contributed by atoms with van der Waals surface area (Å²) in [5.41, 5.74) is 19.2. The van der Waals surface area contributed by atoms with Gasteiger partial charge in [-0.2, -0.15) is 0 Å². The van der Waals surface area contributed by atoms with Gasteiger partial charge in [-0.1, -0.05) is 30.3 Å². The Kier molecular flexibility index (Phi) is 14.0. The Morgan fingerprint density at radius 3 is 2.31 bits per heavy atom. The first kappa shape index (κ1) is 35.8. The van der Waals surface area contributed by atoms with Crippen LogP contribution in [0.4, 0.5) is 5.69 Å². The zero-order valence-electron chi connectivity index (χ0n) is 25.0. The average molecular weight is 626 g/mol. The molecule has 2 aromatic carbocycles. The molecule has 0 aliphatic carbocycles. The number of guanidine groups is 1. The summed E-state index contributed by atoms with van der Waals surface area (Å²) < 4.78 is 9.83. The minimum atomic E-state index is -1.33. The maximum absolute atomic E-state index is 12.6. The fourth-order valence-electron chi connectivity index (χ4n) is 4.02. The number of carbonyl (C=O) groups excluding carboxylic acids is 3. The number of hydrogen-bond acceptors (Lipinski definition) is 10. The Balaban J connectivity index is 0.000000445. The third-order valence-corrected chi connectivity index (χ3v) is 6.30. The molecule has 2 amide bonds. The van der Waals surface area contributed by atoms with Crippen molar-refractivity contribution in [2.75, 3.05) is 18.9 Å². The third-order valence-electron chi connectivity index (χ3n) is 6.30. The highest BCUT2D eigenvalue weighted by atomic mass is 16.5. The molecule has 0 aliphatic rings. The molecule has 3 rings (SSSR count). The van der Waals surface area contributed by atoms with E-state index in [1.807, 2.05) is 19.1 Å². The van der Waals surface area contributed by atoms with Crippen LogP contribution in [-0.4, -0.2) is 66.1 Å². The molecule has 0 radical (unpaired) electrons. The number of carboxylic acids is 1. The molecule has 0 saturated carbocycles. The summed E-state index contributed by atoms with van der Waals surface area (Å²) in [5, 5.41) is 24.6. The number of aryl methyl sites for hydroxylation is 1. The largest absolute Gasteiger partial charge is 0.480 e. The molecule has 3 atom stereocenters. The van der Waals surface area contributed by atoms with Crippen LogP contribution in [0.3, 0.4) is 0 Å². The Morgan fingerprint density at radius 2 is 1.69 bits per heavy atom. The van der Waals surface area contributed by atoms with Gasteiger partial charge in [0, 0.05) is 36.7 Å². The molecule has 15 nitrogen and oxygen atoms in total. The van der Waals surface area contributed by atoms with Crippen LogP contribution in [0.1, 0.15) is 30.9 Å². The third kappa shape index (κ3) is 12.8. The molecule has 0 bridgehead atoms. The molecule has 15 heteroatoms. The molecule has 242 valence electrons. The molecule has 0 unspecified atom stereocenters. The number of anilines is 1. The molecule has 0 aliphatic heterocycles. The van der Waals surface area contributed by atoms with Gasteiger partial charge in [0.05, 0.1) is 6.04 Å². The number of fused-ring (bicyclic) bond motifs is 1. The molecule has 45 heavy (non-hydrogen) atoms. The Bertz CT molecular complexity index is 1540. The summed E-state index contributed by atoms with van der Waals surface area (Å²) in [6, 6.07) is 12.2. The van der Waals surface area contributed by atoms with Gasteiger partial charge in [-0.3, -0.25) is 19.8 Å². The van der Waals surface area contributed by atoms with E-state index >= 15 is 0 Å². The second kappa shape index (κ2) is 17.6. The van der Waals surface area contributed by atoms with Crippen LogP contribution in [0, 0.1) is 12.3 Å². The van der Waals surface area contributed by atoms with Gasteiger partial charge in [0.1, 0.15) is 24.3 Å². The number of esters is 1. The predicted molar refractivity (Wildman–Crippen MR) is 167 cm³/mol. The van der Waals surface area contributed by atoms with E-state index in [2.05, 4.69) is 16.0 Å². The van der Waals surface area contributed by atoms with Crippen molar-refractivity contribution in [3.63, 3.8) is 0 Å². The summed E-state index contributed by atoms with van der Waals surface area (Å²) in [5.74, 6) is -3.69. The summed E-state index contributed by atoms with van der Waals surface area (Å²) in [6.45, 7) is 2.77. The quantitative estimate of drug-likeness (QED) is 0.0314. The van der Waals surface area contributed by atoms with Gasteiger partial charge in [-0.05, 0) is 49.4 Å². The average Bonchev–Trinajstić information content (AvgIpc) is 2.96. The molecule has 11 N–H and O–H groups in total. The number of nitrogens with two attached hydrogens (primary N) is 3. The fourth-order valence-corrected chi connectivity index (χ4v) is 4.02. The van der Waals surface area contributed by atoms with Crippen molar-refractivity contribution >= 4 is 46.4 Å². The fraction of sp³-hybridized carbons (Fsp3) is 0.333. The number of hydrogen-bond donors (Lipinski definition) is 8. The predicted octanol–water partition coefficient (Wildman–Crippen LogP) is 0.121. The van der Waals surface area contributed by atoms with E-state index in [9.17, 15) is 29.1 Å². The smallest absolute Gasteiger partial charge is 0.336 e.